The first-order chi connectivity index (χ1) is 32.0. The third-order valence-electron chi connectivity index (χ3n) is 12.8. The number of hydrogen-bond acceptors (Lipinski definition) is 10. The summed E-state index contributed by atoms with van der Waals surface area (Å²) in [6.07, 6.45) is 14.8. The number of hydrogen-bond donors (Lipinski definition) is 0. The van der Waals surface area contributed by atoms with Gasteiger partial charge in [-0.1, -0.05) is 65.8 Å². The summed E-state index contributed by atoms with van der Waals surface area (Å²) in [5.41, 5.74) is 13.9. The molecule has 0 aliphatic rings. The molecule has 12 aromatic rings. The zero-order valence-corrected chi connectivity index (χ0v) is 37.5. The highest BCUT2D eigenvalue weighted by Crippen LogP contribution is 2.53. The fraction of sp³-hybridized carbons (Fsp3) is 0.143. The van der Waals surface area contributed by atoms with E-state index >= 15 is 0 Å². The topological polar surface area (TPSA) is 110 Å². The van der Waals surface area contributed by atoms with Crippen LogP contribution in [0.3, 0.4) is 0 Å². The summed E-state index contributed by atoms with van der Waals surface area (Å²) in [4.78, 5) is 43.6. The van der Waals surface area contributed by atoms with Crippen molar-refractivity contribution in [2.75, 3.05) is 9.80 Å². The molecular weight excluding hydrogens is 813 g/mol. The number of benzene rings is 4. The molecule has 0 radical (unpaired) electrons. The Morgan fingerprint density at radius 2 is 0.591 bits per heavy atom. The van der Waals surface area contributed by atoms with Crippen LogP contribution < -0.4 is 9.80 Å². The summed E-state index contributed by atoms with van der Waals surface area (Å²) in [5.74, 6) is 0. The summed E-state index contributed by atoms with van der Waals surface area (Å²) < 4.78 is 0. The number of rotatable bonds is 6. The molecule has 8 heterocycles. The number of nitrogens with zero attached hydrogens (tertiary/aromatic N) is 10. The van der Waals surface area contributed by atoms with Gasteiger partial charge in [0.2, 0.25) is 0 Å². The second-order valence-corrected chi connectivity index (χ2v) is 18.9. The highest BCUT2D eigenvalue weighted by molar-refractivity contribution is 6.30. The number of pyridine rings is 8. The highest BCUT2D eigenvalue weighted by atomic mass is 15.2. The van der Waals surface area contributed by atoms with E-state index in [9.17, 15) is 0 Å². The van der Waals surface area contributed by atoms with Crippen LogP contribution in [0, 0.1) is 0 Å². The molecule has 10 nitrogen and oxygen atoms in total. The van der Waals surface area contributed by atoms with Crippen molar-refractivity contribution in [2.45, 2.75) is 52.4 Å². The second kappa shape index (κ2) is 14.6. The Kier molecular flexibility index (Phi) is 8.74. The van der Waals surface area contributed by atoms with Gasteiger partial charge in [0.1, 0.15) is 22.1 Å². The Bertz CT molecular complexity index is 3460. The van der Waals surface area contributed by atoms with E-state index in [0.29, 0.717) is 0 Å². The lowest BCUT2D eigenvalue weighted by Gasteiger charge is -2.34. The van der Waals surface area contributed by atoms with Gasteiger partial charge in [-0.15, -0.1) is 0 Å². The van der Waals surface area contributed by atoms with Crippen LogP contribution in [0.5, 0.6) is 0 Å². The van der Waals surface area contributed by atoms with Crippen LogP contribution in [0.1, 0.15) is 52.7 Å². The maximum absolute atomic E-state index is 4.97. The lowest BCUT2D eigenvalue weighted by atomic mass is 9.77. The smallest absolute Gasteiger partial charge is 0.113 e. The average molecular weight is 857 g/mol. The average Bonchev–Trinajstić information content (AvgIpc) is 3.33. The monoisotopic (exact) mass is 856 g/mol. The normalized spacial score (nSPS) is 12.4. The van der Waals surface area contributed by atoms with Gasteiger partial charge in [-0.3, -0.25) is 39.9 Å². The molecule has 0 saturated heterocycles. The van der Waals surface area contributed by atoms with Crippen molar-refractivity contribution >= 4 is 111 Å². The van der Waals surface area contributed by atoms with E-state index < -0.39 is 0 Å². The molecule has 0 N–H and O–H groups in total. The van der Waals surface area contributed by atoms with E-state index in [1.165, 1.54) is 32.7 Å². The zero-order chi connectivity index (χ0) is 44.9. The summed E-state index contributed by atoms with van der Waals surface area (Å²) in [6.45, 7) is 13.8. The molecule has 66 heavy (non-hydrogen) atoms. The van der Waals surface area contributed by atoms with Gasteiger partial charge in [0.05, 0.1) is 56.2 Å². The van der Waals surface area contributed by atoms with Gasteiger partial charge in [-0.05, 0) is 128 Å². The van der Waals surface area contributed by atoms with E-state index in [2.05, 4.69) is 112 Å². The molecule has 0 saturated carbocycles. The minimum atomic E-state index is -0.259. The molecule has 12 rings (SSSR count). The van der Waals surface area contributed by atoms with Crippen LogP contribution in [-0.4, -0.2) is 39.9 Å². The predicted octanol–water partition coefficient (Wildman–Crippen LogP) is 13.9. The fourth-order valence-corrected chi connectivity index (χ4v) is 9.93. The fourth-order valence-electron chi connectivity index (χ4n) is 9.93. The Hall–Kier alpha value is -8.24. The lowest BCUT2D eigenvalue weighted by Crippen LogP contribution is -2.18. The minimum Gasteiger partial charge on any atom is -0.305 e. The summed E-state index contributed by atoms with van der Waals surface area (Å²) in [7, 11) is 0. The molecule has 0 fully saturated rings. The first-order valence-corrected chi connectivity index (χ1v) is 22.2. The summed E-state index contributed by atoms with van der Waals surface area (Å²) >= 11 is 0. The molecule has 0 bridgehead atoms. The Labute approximate surface area is 381 Å². The molecule has 0 aliphatic carbocycles. The van der Waals surface area contributed by atoms with E-state index in [1.54, 1.807) is 0 Å². The van der Waals surface area contributed by atoms with Crippen molar-refractivity contribution in [3.8, 4) is 0 Å². The first kappa shape index (κ1) is 39.4. The van der Waals surface area contributed by atoms with Crippen LogP contribution in [-0.2, 0) is 10.8 Å². The van der Waals surface area contributed by atoms with Crippen molar-refractivity contribution in [2.24, 2.45) is 0 Å². The Morgan fingerprint density at radius 1 is 0.303 bits per heavy atom. The van der Waals surface area contributed by atoms with Gasteiger partial charge in [0.15, 0.2) is 0 Å². The number of aromatic nitrogens is 8. The van der Waals surface area contributed by atoms with E-state index in [-0.39, 0.29) is 10.8 Å². The molecule has 318 valence electrons. The molecule has 0 aliphatic heterocycles. The van der Waals surface area contributed by atoms with E-state index in [0.717, 1.165) is 89.0 Å². The Balaban J connectivity index is 1.27. The molecular formula is C56H44N10. The van der Waals surface area contributed by atoms with Crippen molar-refractivity contribution in [3.63, 3.8) is 0 Å². The Morgan fingerprint density at radius 3 is 0.879 bits per heavy atom. The van der Waals surface area contributed by atoms with Gasteiger partial charge in [0, 0.05) is 60.3 Å². The molecule has 8 aromatic heterocycles. The van der Waals surface area contributed by atoms with Crippen LogP contribution >= 0.6 is 0 Å². The van der Waals surface area contributed by atoms with Gasteiger partial charge < -0.3 is 9.80 Å². The number of fused-ring (bicyclic) bond motifs is 4. The first-order valence-electron chi connectivity index (χ1n) is 22.2. The van der Waals surface area contributed by atoms with Crippen molar-refractivity contribution < 1.29 is 0 Å². The number of anilines is 6. The van der Waals surface area contributed by atoms with Crippen molar-refractivity contribution in [1.29, 1.82) is 0 Å². The summed E-state index contributed by atoms with van der Waals surface area (Å²) in [6, 6.07) is 38.1. The van der Waals surface area contributed by atoms with Crippen LogP contribution in [0.2, 0.25) is 0 Å². The van der Waals surface area contributed by atoms with Gasteiger partial charge in [-0.2, -0.15) is 0 Å². The third kappa shape index (κ3) is 6.09. The maximum atomic E-state index is 4.97. The van der Waals surface area contributed by atoms with Crippen molar-refractivity contribution in [1.82, 2.24) is 39.9 Å². The zero-order valence-electron chi connectivity index (χ0n) is 37.5. The molecule has 0 unspecified atom stereocenters. The molecule has 4 aromatic carbocycles. The quantitative estimate of drug-likeness (QED) is 0.150. The standard InChI is InChI=1S/C56H44N10/c1-55(2,3)37-31-47(65(43-19-27-57-39-11-7-23-61-51(39)43)44-20-28-58-40-12-8-24-62-52(40)44)35-18-16-34-38(56(4,5)6)32-48(36-17-15-33(37)49(35)50(34)36)66(45-21-29-59-41-13-9-25-63-53(41)45)46-22-30-60-42-14-10-26-64-54(42)46/h7-32H,1-6H3. The molecule has 0 spiro atoms. The lowest BCUT2D eigenvalue weighted by molar-refractivity contribution is 0.595. The maximum Gasteiger partial charge on any atom is 0.113 e. The SMILES string of the molecule is CC(C)(C)c1cc(N(c2ccnc3cccnc23)c2ccnc3cccnc23)c2ccc3c(C(C)(C)C)cc(N(c4ccnc5cccnc45)c4ccnc5cccnc45)c4ccc1c2c43. The summed E-state index contributed by atoms with van der Waals surface area (Å²) in [5, 5.41) is 6.94. The molecule has 10 heteroatoms. The van der Waals surface area contributed by atoms with E-state index in [1.807, 2.05) is 98.1 Å². The van der Waals surface area contributed by atoms with Gasteiger partial charge >= 0.3 is 0 Å². The molecule has 0 amide bonds. The van der Waals surface area contributed by atoms with E-state index in [4.69, 9.17) is 39.9 Å². The molecule has 0 atom stereocenters. The highest BCUT2D eigenvalue weighted by Gasteiger charge is 2.31. The minimum absolute atomic E-state index is 0.259. The van der Waals surface area contributed by atoms with Gasteiger partial charge in [0.25, 0.3) is 0 Å². The van der Waals surface area contributed by atoms with Crippen LogP contribution in [0.25, 0.3) is 76.5 Å². The van der Waals surface area contributed by atoms with Crippen LogP contribution in [0.4, 0.5) is 34.1 Å². The van der Waals surface area contributed by atoms with Crippen molar-refractivity contribution in [3.05, 3.63) is 170 Å². The third-order valence-corrected chi connectivity index (χ3v) is 12.8. The second-order valence-electron chi connectivity index (χ2n) is 18.9. The van der Waals surface area contributed by atoms with Crippen LogP contribution in [0.15, 0.2) is 159 Å². The predicted molar refractivity (Wildman–Crippen MR) is 269 cm³/mol. The van der Waals surface area contributed by atoms with Gasteiger partial charge in [-0.25, -0.2) is 0 Å². The largest absolute Gasteiger partial charge is 0.305 e.